The highest BCUT2D eigenvalue weighted by atomic mass is 16.6. The van der Waals surface area contributed by atoms with E-state index in [9.17, 15) is 44.1 Å². The summed E-state index contributed by atoms with van der Waals surface area (Å²) in [6, 6.07) is -0.0535. The molecule has 0 atom stereocenters. The molecule has 21 heteroatoms. The van der Waals surface area contributed by atoms with Crippen molar-refractivity contribution in [3.8, 4) is 0 Å². The Hall–Kier alpha value is -3.54. The Morgan fingerprint density at radius 3 is 1.20 bits per heavy atom. The molecule has 2 saturated heterocycles. The van der Waals surface area contributed by atoms with Crippen molar-refractivity contribution in [2.75, 3.05) is 164 Å². The zero-order valence-electron chi connectivity index (χ0n) is 35.6. The number of ether oxygens (including phenoxy) is 5. The molecule has 0 spiro atoms. The Kier molecular flexibility index (Phi) is 27.5. The first kappa shape index (κ1) is 52.6. The molecule has 346 valence electrons. The average Bonchev–Trinajstić information content (AvgIpc) is 3.17. The summed E-state index contributed by atoms with van der Waals surface area (Å²) in [5.41, 5.74) is 0. The molecule has 0 unspecified atom stereocenters. The summed E-state index contributed by atoms with van der Waals surface area (Å²) in [7, 11) is 0. The number of likely N-dealkylation sites (tertiary alicyclic amines) is 1. The highest BCUT2D eigenvalue weighted by molar-refractivity contribution is 5.79. The lowest BCUT2D eigenvalue weighted by atomic mass is 10.0. The minimum Gasteiger partial charge on any atom is -0.481 e. The predicted molar refractivity (Wildman–Crippen MR) is 216 cm³/mol. The van der Waals surface area contributed by atoms with Crippen LogP contribution in [0.1, 0.15) is 39.5 Å². The maximum Gasteiger partial charge on any atom is 0.317 e. The van der Waals surface area contributed by atoms with Crippen molar-refractivity contribution in [1.29, 1.82) is 0 Å². The first-order chi connectivity index (χ1) is 28.7. The number of nitrogens with zero attached hydrogens (tertiary/aromatic N) is 6. The minimum atomic E-state index is -1.02. The fourth-order valence-electron chi connectivity index (χ4n) is 6.78. The largest absolute Gasteiger partial charge is 0.481 e. The number of carboxylic acids is 4. The molecular weight excluding hydrogens is 792 g/mol. The molecule has 2 heterocycles. The standard InChI is InChI=1S/C39H70N6O15/c1-32(2)27-34(46)45(16-18-57-20-22-59-24-26-60-25-23-58-21-19-56-17-5-36(48)49)33-3-6-44(7-4-33)35(47)28-40-8-10-41(29-37(50)51)12-14-43(31-39(54)55)15-13-42(11-9-40)30-38(52)53/h32-33H,3-31H2,1-2H3,(H,48,49)(H,50,51)(H,52,53)(H,54,55). The Labute approximate surface area is 353 Å². The van der Waals surface area contributed by atoms with E-state index in [2.05, 4.69) is 0 Å². The highest BCUT2D eigenvalue weighted by Gasteiger charge is 2.31. The van der Waals surface area contributed by atoms with Crippen LogP contribution >= 0.6 is 0 Å². The van der Waals surface area contributed by atoms with Gasteiger partial charge in [0.2, 0.25) is 11.8 Å². The van der Waals surface area contributed by atoms with Crippen LogP contribution in [0.3, 0.4) is 0 Å². The first-order valence-electron chi connectivity index (χ1n) is 21.0. The van der Waals surface area contributed by atoms with Crippen molar-refractivity contribution in [1.82, 2.24) is 29.4 Å². The fraction of sp³-hybridized carbons (Fsp3) is 0.846. The van der Waals surface area contributed by atoms with Crippen molar-refractivity contribution >= 4 is 35.7 Å². The molecule has 0 bridgehead atoms. The molecule has 0 aliphatic carbocycles. The van der Waals surface area contributed by atoms with E-state index in [-0.39, 0.29) is 63.0 Å². The Balaban J connectivity index is 1.82. The van der Waals surface area contributed by atoms with Crippen molar-refractivity contribution < 1.29 is 72.9 Å². The minimum absolute atomic E-state index is 0.0385. The molecule has 0 radical (unpaired) electrons. The summed E-state index contributed by atoms with van der Waals surface area (Å²) in [5.74, 6) is -3.83. The van der Waals surface area contributed by atoms with Crippen LogP contribution in [-0.4, -0.2) is 256 Å². The molecule has 0 aromatic rings. The summed E-state index contributed by atoms with van der Waals surface area (Å²) in [4.78, 5) is 82.9. The third-order valence-corrected chi connectivity index (χ3v) is 9.95. The fourth-order valence-corrected chi connectivity index (χ4v) is 6.78. The van der Waals surface area contributed by atoms with Gasteiger partial charge in [0.05, 0.1) is 98.7 Å². The van der Waals surface area contributed by atoms with E-state index >= 15 is 0 Å². The van der Waals surface area contributed by atoms with Crippen LogP contribution in [0, 0.1) is 5.92 Å². The number of carbonyl (C=O) groups is 6. The monoisotopic (exact) mass is 862 g/mol. The second-order valence-electron chi connectivity index (χ2n) is 15.3. The number of carboxylic acid groups (broad SMARTS) is 4. The van der Waals surface area contributed by atoms with E-state index in [0.717, 1.165) is 0 Å². The van der Waals surface area contributed by atoms with Crippen LogP contribution in [0.4, 0.5) is 0 Å². The van der Waals surface area contributed by atoms with Gasteiger partial charge in [-0.25, -0.2) is 0 Å². The van der Waals surface area contributed by atoms with E-state index in [0.29, 0.717) is 151 Å². The maximum atomic E-state index is 13.7. The third-order valence-electron chi connectivity index (χ3n) is 9.95. The van der Waals surface area contributed by atoms with E-state index < -0.39 is 23.9 Å². The molecule has 2 amide bonds. The van der Waals surface area contributed by atoms with Gasteiger partial charge in [-0.2, -0.15) is 0 Å². The summed E-state index contributed by atoms with van der Waals surface area (Å²) in [5, 5.41) is 37.0. The van der Waals surface area contributed by atoms with Crippen LogP contribution in [0.15, 0.2) is 0 Å². The Morgan fingerprint density at radius 2 is 0.850 bits per heavy atom. The molecule has 21 nitrogen and oxygen atoms in total. The lowest BCUT2D eigenvalue weighted by Crippen LogP contribution is -2.53. The molecular formula is C39H70N6O15. The summed E-state index contributed by atoms with van der Waals surface area (Å²) in [6.45, 7) is 10.7. The molecule has 0 aromatic carbocycles. The Morgan fingerprint density at radius 1 is 0.500 bits per heavy atom. The highest BCUT2D eigenvalue weighted by Crippen LogP contribution is 2.19. The Bertz CT molecular complexity index is 1240. The van der Waals surface area contributed by atoms with Gasteiger partial charge in [-0.1, -0.05) is 13.8 Å². The number of hydrogen-bond donors (Lipinski definition) is 4. The van der Waals surface area contributed by atoms with Crippen molar-refractivity contribution in [2.45, 2.75) is 45.6 Å². The third kappa shape index (κ3) is 25.3. The van der Waals surface area contributed by atoms with Gasteiger partial charge in [0, 0.05) is 84.5 Å². The quantitative estimate of drug-likeness (QED) is 0.0651. The first-order valence-corrected chi connectivity index (χ1v) is 21.0. The summed E-state index contributed by atoms with van der Waals surface area (Å²) < 4.78 is 27.4. The molecule has 2 rings (SSSR count). The maximum absolute atomic E-state index is 13.7. The number of carbonyl (C=O) groups excluding carboxylic acids is 2. The van der Waals surface area contributed by atoms with Crippen LogP contribution < -0.4 is 0 Å². The van der Waals surface area contributed by atoms with Gasteiger partial charge in [0.15, 0.2) is 0 Å². The van der Waals surface area contributed by atoms with Crippen molar-refractivity contribution in [2.24, 2.45) is 5.92 Å². The molecule has 2 aliphatic heterocycles. The molecule has 2 fully saturated rings. The predicted octanol–water partition coefficient (Wildman–Crippen LogP) is -1.11. The number of rotatable bonds is 29. The zero-order valence-corrected chi connectivity index (χ0v) is 35.6. The van der Waals surface area contributed by atoms with Crippen LogP contribution in [0.25, 0.3) is 0 Å². The molecule has 60 heavy (non-hydrogen) atoms. The van der Waals surface area contributed by atoms with Gasteiger partial charge in [0.25, 0.3) is 0 Å². The molecule has 0 saturated carbocycles. The molecule has 2 aliphatic rings. The lowest BCUT2D eigenvalue weighted by molar-refractivity contribution is -0.141. The van der Waals surface area contributed by atoms with Crippen LogP contribution in [0.5, 0.6) is 0 Å². The van der Waals surface area contributed by atoms with E-state index in [1.807, 2.05) is 23.6 Å². The summed E-state index contributed by atoms with van der Waals surface area (Å²) >= 11 is 0. The number of aliphatic carboxylic acids is 4. The van der Waals surface area contributed by atoms with Gasteiger partial charge < -0.3 is 53.9 Å². The average molecular weight is 863 g/mol. The summed E-state index contributed by atoms with van der Waals surface area (Å²) in [6.07, 6.45) is 1.58. The van der Waals surface area contributed by atoms with Crippen molar-refractivity contribution in [3.05, 3.63) is 0 Å². The van der Waals surface area contributed by atoms with Gasteiger partial charge in [0.1, 0.15) is 0 Å². The van der Waals surface area contributed by atoms with E-state index in [1.165, 1.54) is 0 Å². The smallest absolute Gasteiger partial charge is 0.317 e. The SMILES string of the molecule is CC(C)CC(=O)N(CCOCCOCCOCCOCCOCCC(=O)O)C1CCN(C(=O)CN2CCN(CC(=O)O)CCN(CC(=O)O)CCN(CC(=O)O)CC2)CC1. The molecule has 4 N–H and O–H groups in total. The number of hydrogen-bond acceptors (Lipinski definition) is 15. The molecule has 0 aromatic heterocycles. The van der Waals surface area contributed by atoms with Crippen LogP contribution in [0.2, 0.25) is 0 Å². The zero-order chi connectivity index (χ0) is 44.1. The van der Waals surface area contributed by atoms with Crippen LogP contribution in [-0.2, 0) is 52.5 Å². The lowest BCUT2D eigenvalue weighted by Gasteiger charge is -2.39. The second-order valence-corrected chi connectivity index (χ2v) is 15.3. The number of piperidine rings is 1. The second kappa shape index (κ2) is 31.3. The van der Waals surface area contributed by atoms with Gasteiger partial charge in [-0.05, 0) is 18.8 Å². The van der Waals surface area contributed by atoms with E-state index in [1.54, 1.807) is 19.6 Å². The topological polar surface area (TPSA) is 249 Å². The normalized spacial score (nSPS) is 17.3. The van der Waals surface area contributed by atoms with Gasteiger partial charge in [-0.15, -0.1) is 0 Å². The van der Waals surface area contributed by atoms with Crippen molar-refractivity contribution in [3.63, 3.8) is 0 Å². The van der Waals surface area contributed by atoms with Gasteiger partial charge >= 0.3 is 23.9 Å². The van der Waals surface area contributed by atoms with E-state index in [4.69, 9.17) is 28.8 Å². The van der Waals surface area contributed by atoms with Gasteiger partial charge in [-0.3, -0.25) is 48.4 Å². The number of amides is 2.